The summed E-state index contributed by atoms with van der Waals surface area (Å²) in [6, 6.07) is 0. The first-order valence-corrected chi connectivity index (χ1v) is 6.14. The van der Waals surface area contributed by atoms with Crippen molar-refractivity contribution in [2.45, 2.75) is 6.11 Å². The van der Waals surface area contributed by atoms with Crippen molar-refractivity contribution >= 4 is 0 Å². The molecule has 1 aromatic carbocycles. The van der Waals surface area contributed by atoms with Gasteiger partial charge in [0, 0.05) is 6.54 Å². The van der Waals surface area contributed by atoms with Crippen LogP contribution in [-0.4, -0.2) is 39.1 Å². The fraction of sp³-hybridized carbons (Fsp3) is 0.500. The van der Waals surface area contributed by atoms with Crippen molar-refractivity contribution in [1.29, 1.82) is 0 Å². The Morgan fingerprint density at radius 3 is 1.74 bits per heavy atom. The van der Waals surface area contributed by atoms with Gasteiger partial charge in [0.05, 0.1) is 6.61 Å². The molecular weight excluding hydrogens is 339 g/mol. The normalized spacial score (nSPS) is 11.7. The molecule has 0 saturated carbocycles. The maximum atomic E-state index is 13.6. The number of benzene rings is 1. The molecule has 11 heteroatoms. The number of hydrogen-bond donors (Lipinski definition) is 1. The minimum Gasteiger partial charge on any atom is -0.486 e. The summed E-state index contributed by atoms with van der Waals surface area (Å²) in [6.07, 6.45) is -4.12. The maximum Gasteiger partial charge on any atom is 0.389 e. The second-order valence-corrected chi connectivity index (χ2v) is 4.01. The molecule has 23 heavy (non-hydrogen) atoms. The topological polar surface area (TPSA) is 53.7 Å². The summed E-state index contributed by atoms with van der Waals surface area (Å²) < 4.78 is 104. The summed E-state index contributed by atoms with van der Waals surface area (Å²) >= 11 is 0. The van der Waals surface area contributed by atoms with E-state index < -0.39 is 67.4 Å². The zero-order chi connectivity index (χ0) is 17.6. The lowest BCUT2D eigenvalue weighted by Crippen LogP contribution is -2.30. The minimum atomic E-state index is -4.12. The highest BCUT2D eigenvalue weighted by atomic mass is 19.3. The molecule has 0 heterocycles. The van der Waals surface area contributed by atoms with Gasteiger partial charge in [0.15, 0.2) is 18.1 Å². The van der Waals surface area contributed by atoms with Gasteiger partial charge in [-0.25, -0.2) is 4.39 Å². The molecule has 0 aliphatic carbocycles. The molecule has 0 bridgehead atoms. The van der Waals surface area contributed by atoms with Crippen molar-refractivity contribution in [3.63, 3.8) is 0 Å². The van der Waals surface area contributed by atoms with E-state index >= 15 is 0 Å². The van der Waals surface area contributed by atoms with Crippen molar-refractivity contribution in [2.75, 3.05) is 33.0 Å². The van der Waals surface area contributed by atoms with Gasteiger partial charge in [0.2, 0.25) is 23.3 Å². The van der Waals surface area contributed by atoms with E-state index in [1.807, 2.05) is 0 Å². The van der Waals surface area contributed by atoms with Crippen LogP contribution in [0.25, 0.3) is 0 Å². The van der Waals surface area contributed by atoms with Crippen LogP contribution in [0.5, 0.6) is 11.5 Å². The molecule has 4 nitrogen and oxygen atoms in total. The Hall–Kier alpha value is -1.75. The third-order valence-electron chi connectivity index (χ3n) is 2.32. The number of halogens is 7. The van der Waals surface area contributed by atoms with E-state index in [1.165, 1.54) is 0 Å². The van der Waals surface area contributed by atoms with Gasteiger partial charge in [-0.2, -0.15) is 26.3 Å². The monoisotopic (exact) mass is 351 g/mol. The average Bonchev–Trinajstić information content (AvgIpc) is 2.51. The molecule has 0 unspecified atom stereocenters. The van der Waals surface area contributed by atoms with E-state index in [0.29, 0.717) is 0 Å². The molecule has 0 saturated heterocycles. The van der Waals surface area contributed by atoms with Gasteiger partial charge >= 0.3 is 6.11 Å². The van der Waals surface area contributed by atoms with E-state index in [4.69, 9.17) is 5.73 Å². The highest BCUT2D eigenvalue weighted by molar-refractivity contribution is 5.38. The lowest BCUT2D eigenvalue weighted by molar-refractivity contribution is -0.253. The van der Waals surface area contributed by atoms with E-state index in [2.05, 4.69) is 14.2 Å². The van der Waals surface area contributed by atoms with Crippen LogP contribution in [0.15, 0.2) is 0 Å². The number of nitrogens with two attached hydrogens (primary N) is 1. The Morgan fingerprint density at radius 1 is 0.826 bits per heavy atom. The Labute approximate surface area is 125 Å². The molecule has 0 aliphatic rings. The highest BCUT2D eigenvalue weighted by Crippen LogP contribution is 2.35. The number of hydrogen-bond acceptors (Lipinski definition) is 4. The SMILES string of the molecule is NCCOc1c(F)c(F)c(OCC(F)(F)OCCF)c(F)c1F. The van der Waals surface area contributed by atoms with Gasteiger partial charge in [0.1, 0.15) is 13.3 Å². The van der Waals surface area contributed by atoms with E-state index in [0.717, 1.165) is 0 Å². The largest absolute Gasteiger partial charge is 0.486 e. The maximum absolute atomic E-state index is 13.6. The van der Waals surface area contributed by atoms with E-state index in [1.54, 1.807) is 0 Å². The van der Waals surface area contributed by atoms with Crippen LogP contribution >= 0.6 is 0 Å². The Morgan fingerprint density at radius 2 is 1.30 bits per heavy atom. The molecule has 0 atom stereocenters. The molecule has 1 rings (SSSR count). The molecule has 0 fully saturated rings. The summed E-state index contributed by atoms with van der Waals surface area (Å²) in [5, 5.41) is 0. The summed E-state index contributed by atoms with van der Waals surface area (Å²) in [5.41, 5.74) is 5.01. The van der Waals surface area contributed by atoms with Gasteiger partial charge in [0.25, 0.3) is 0 Å². The van der Waals surface area contributed by atoms with E-state index in [-0.39, 0.29) is 6.54 Å². The van der Waals surface area contributed by atoms with Crippen molar-refractivity contribution in [1.82, 2.24) is 0 Å². The summed E-state index contributed by atoms with van der Waals surface area (Å²) in [4.78, 5) is 0. The van der Waals surface area contributed by atoms with Gasteiger partial charge < -0.3 is 19.9 Å². The number of ether oxygens (including phenoxy) is 3. The van der Waals surface area contributed by atoms with Gasteiger partial charge in [-0.1, -0.05) is 0 Å². The molecule has 0 amide bonds. The fourth-order valence-corrected chi connectivity index (χ4v) is 1.39. The molecule has 1 aromatic rings. The Balaban J connectivity index is 3.00. The molecular formula is C12H12F7NO3. The average molecular weight is 351 g/mol. The smallest absolute Gasteiger partial charge is 0.389 e. The zero-order valence-electron chi connectivity index (χ0n) is 11.5. The summed E-state index contributed by atoms with van der Waals surface area (Å²) in [6.45, 7) is -4.67. The Bertz CT molecular complexity index is 513. The van der Waals surface area contributed by atoms with Gasteiger partial charge in [-0.15, -0.1) is 0 Å². The molecule has 0 radical (unpaired) electrons. The van der Waals surface area contributed by atoms with Crippen molar-refractivity contribution in [2.24, 2.45) is 5.73 Å². The van der Waals surface area contributed by atoms with Gasteiger partial charge in [-0.3, -0.25) is 0 Å². The van der Waals surface area contributed by atoms with Crippen molar-refractivity contribution < 1.29 is 44.9 Å². The molecule has 132 valence electrons. The second-order valence-electron chi connectivity index (χ2n) is 4.01. The van der Waals surface area contributed by atoms with Crippen molar-refractivity contribution in [3.05, 3.63) is 23.3 Å². The van der Waals surface area contributed by atoms with Crippen LogP contribution < -0.4 is 15.2 Å². The second kappa shape index (κ2) is 8.20. The lowest BCUT2D eigenvalue weighted by Gasteiger charge is -2.18. The summed E-state index contributed by atoms with van der Waals surface area (Å²) in [5.74, 6) is -11.2. The first kappa shape index (κ1) is 19.3. The number of rotatable bonds is 9. The third-order valence-corrected chi connectivity index (χ3v) is 2.32. The van der Waals surface area contributed by atoms with Crippen LogP contribution in [-0.2, 0) is 4.74 Å². The zero-order valence-corrected chi connectivity index (χ0v) is 11.5. The van der Waals surface area contributed by atoms with Gasteiger partial charge in [-0.05, 0) is 0 Å². The predicted octanol–water partition coefficient (Wildman–Crippen LogP) is 2.54. The molecule has 0 aliphatic heterocycles. The van der Waals surface area contributed by atoms with Crippen LogP contribution in [0, 0.1) is 23.3 Å². The number of alkyl halides is 3. The van der Waals surface area contributed by atoms with Crippen molar-refractivity contribution in [3.8, 4) is 11.5 Å². The first-order valence-electron chi connectivity index (χ1n) is 6.14. The standard InChI is InChI=1S/C12H12F7NO3/c13-1-3-23-12(18,19)5-22-11-8(16)6(14)10(21-4-2-20)7(15)9(11)17/h1-5,20H2. The van der Waals surface area contributed by atoms with Crippen LogP contribution in [0.2, 0.25) is 0 Å². The van der Waals surface area contributed by atoms with E-state index in [9.17, 15) is 30.7 Å². The molecule has 2 N–H and O–H groups in total. The predicted molar refractivity (Wildman–Crippen MR) is 63.2 cm³/mol. The minimum absolute atomic E-state index is 0.196. The molecule has 0 spiro atoms. The fourth-order valence-electron chi connectivity index (χ4n) is 1.39. The molecule has 0 aromatic heterocycles. The first-order chi connectivity index (χ1) is 10.7. The highest BCUT2D eigenvalue weighted by Gasteiger charge is 2.34. The third kappa shape index (κ3) is 4.86. The quantitative estimate of drug-likeness (QED) is 0.549. The lowest BCUT2D eigenvalue weighted by atomic mass is 10.2. The Kier molecular flexibility index (Phi) is 6.88. The summed E-state index contributed by atoms with van der Waals surface area (Å²) in [7, 11) is 0. The van der Waals surface area contributed by atoms with Crippen LogP contribution in [0.1, 0.15) is 0 Å². The van der Waals surface area contributed by atoms with Crippen LogP contribution in [0.3, 0.4) is 0 Å². The van der Waals surface area contributed by atoms with Crippen LogP contribution in [0.4, 0.5) is 30.7 Å².